The SMILES string of the molecule is O=C(CN1CCN(C(=O)c2ccccc2CCc2ccccc2)CC1)N1CCCCCC1. The Labute approximate surface area is 192 Å². The van der Waals surface area contributed by atoms with Crippen LogP contribution in [-0.4, -0.2) is 72.3 Å². The molecule has 2 heterocycles. The van der Waals surface area contributed by atoms with Gasteiger partial charge in [0, 0.05) is 44.8 Å². The Kier molecular flexibility index (Phi) is 7.94. The predicted octanol–water partition coefficient (Wildman–Crippen LogP) is 3.63. The number of amides is 2. The van der Waals surface area contributed by atoms with Gasteiger partial charge in [-0.2, -0.15) is 0 Å². The zero-order chi connectivity index (χ0) is 22.2. The quantitative estimate of drug-likeness (QED) is 0.699. The van der Waals surface area contributed by atoms with Crippen LogP contribution in [0.5, 0.6) is 0 Å². The normalized spacial score (nSPS) is 17.8. The molecule has 2 fully saturated rings. The third-order valence-corrected chi connectivity index (χ3v) is 6.75. The van der Waals surface area contributed by atoms with Gasteiger partial charge in [-0.25, -0.2) is 0 Å². The van der Waals surface area contributed by atoms with Crippen molar-refractivity contribution in [2.75, 3.05) is 45.8 Å². The zero-order valence-corrected chi connectivity index (χ0v) is 19.0. The average Bonchev–Trinajstić information content (AvgIpc) is 3.13. The summed E-state index contributed by atoms with van der Waals surface area (Å²) >= 11 is 0. The fourth-order valence-electron chi connectivity index (χ4n) is 4.76. The fourth-order valence-corrected chi connectivity index (χ4v) is 4.76. The molecule has 2 aromatic rings. The first-order valence-electron chi connectivity index (χ1n) is 12.1. The number of hydrogen-bond acceptors (Lipinski definition) is 3. The second kappa shape index (κ2) is 11.3. The van der Waals surface area contributed by atoms with Gasteiger partial charge >= 0.3 is 0 Å². The summed E-state index contributed by atoms with van der Waals surface area (Å²) in [7, 11) is 0. The fraction of sp³-hybridized carbons (Fsp3) is 0.481. The Morgan fingerprint density at radius 1 is 0.656 bits per heavy atom. The van der Waals surface area contributed by atoms with Crippen molar-refractivity contribution in [3.05, 3.63) is 71.3 Å². The molecule has 0 unspecified atom stereocenters. The van der Waals surface area contributed by atoms with Crippen LogP contribution in [0.15, 0.2) is 54.6 Å². The summed E-state index contributed by atoms with van der Waals surface area (Å²) in [5.74, 6) is 0.366. The monoisotopic (exact) mass is 433 g/mol. The van der Waals surface area contributed by atoms with Gasteiger partial charge < -0.3 is 9.80 Å². The molecule has 2 aliphatic heterocycles. The highest BCUT2D eigenvalue weighted by atomic mass is 16.2. The van der Waals surface area contributed by atoms with Gasteiger partial charge in [-0.3, -0.25) is 14.5 Å². The average molecular weight is 434 g/mol. The molecule has 2 aromatic carbocycles. The maximum atomic E-state index is 13.3. The molecule has 0 bridgehead atoms. The molecule has 2 amide bonds. The molecule has 0 N–H and O–H groups in total. The number of carbonyl (C=O) groups is 2. The van der Waals surface area contributed by atoms with E-state index in [9.17, 15) is 9.59 Å². The topological polar surface area (TPSA) is 43.9 Å². The molecule has 0 aromatic heterocycles. The number of nitrogens with zero attached hydrogens (tertiary/aromatic N) is 3. The third kappa shape index (κ3) is 5.98. The van der Waals surface area contributed by atoms with Crippen LogP contribution in [0.2, 0.25) is 0 Å². The number of benzene rings is 2. The molecule has 2 aliphatic rings. The van der Waals surface area contributed by atoms with Crippen LogP contribution >= 0.6 is 0 Å². The molecule has 170 valence electrons. The van der Waals surface area contributed by atoms with E-state index in [0.29, 0.717) is 19.6 Å². The van der Waals surface area contributed by atoms with Crippen LogP contribution in [0, 0.1) is 0 Å². The summed E-state index contributed by atoms with van der Waals surface area (Å²) in [4.78, 5) is 32.2. The van der Waals surface area contributed by atoms with Gasteiger partial charge in [-0.05, 0) is 42.9 Å². The Morgan fingerprint density at radius 3 is 2.03 bits per heavy atom. The highest BCUT2D eigenvalue weighted by molar-refractivity contribution is 5.95. The van der Waals surface area contributed by atoms with Crippen LogP contribution in [0.3, 0.4) is 0 Å². The first-order chi connectivity index (χ1) is 15.7. The summed E-state index contributed by atoms with van der Waals surface area (Å²) in [6.45, 7) is 5.16. The Bertz CT molecular complexity index is 883. The minimum Gasteiger partial charge on any atom is -0.342 e. The Hall–Kier alpha value is -2.66. The molecule has 0 atom stereocenters. The molecule has 0 spiro atoms. The van der Waals surface area contributed by atoms with Gasteiger partial charge in [0.25, 0.3) is 5.91 Å². The van der Waals surface area contributed by atoms with Crippen molar-refractivity contribution in [1.29, 1.82) is 0 Å². The lowest BCUT2D eigenvalue weighted by Crippen LogP contribution is -2.51. The van der Waals surface area contributed by atoms with E-state index in [1.54, 1.807) is 0 Å². The van der Waals surface area contributed by atoms with E-state index in [2.05, 4.69) is 35.2 Å². The number of piperazine rings is 1. The van der Waals surface area contributed by atoms with Crippen molar-refractivity contribution < 1.29 is 9.59 Å². The maximum absolute atomic E-state index is 13.3. The summed E-state index contributed by atoms with van der Waals surface area (Å²) in [5, 5.41) is 0. The predicted molar refractivity (Wildman–Crippen MR) is 128 cm³/mol. The molecule has 2 saturated heterocycles. The van der Waals surface area contributed by atoms with Crippen LogP contribution in [-0.2, 0) is 17.6 Å². The van der Waals surface area contributed by atoms with Crippen LogP contribution in [0.25, 0.3) is 0 Å². The minimum absolute atomic E-state index is 0.118. The van der Waals surface area contributed by atoms with E-state index in [4.69, 9.17) is 0 Å². The smallest absolute Gasteiger partial charge is 0.254 e. The van der Waals surface area contributed by atoms with Crippen molar-refractivity contribution in [3.63, 3.8) is 0 Å². The molecular weight excluding hydrogens is 398 g/mol. The first kappa shape index (κ1) is 22.5. The van der Waals surface area contributed by atoms with Gasteiger partial charge in [0.15, 0.2) is 0 Å². The van der Waals surface area contributed by atoms with Crippen LogP contribution < -0.4 is 0 Å². The highest BCUT2D eigenvalue weighted by Gasteiger charge is 2.26. The molecule has 5 heteroatoms. The van der Waals surface area contributed by atoms with E-state index in [1.807, 2.05) is 34.1 Å². The van der Waals surface area contributed by atoms with E-state index >= 15 is 0 Å². The Morgan fingerprint density at radius 2 is 1.31 bits per heavy atom. The minimum atomic E-state index is 0.118. The zero-order valence-electron chi connectivity index (χ0n) is 19.0. The van der Waals surface area contributed by atoms with Crippen molar-refractivity contribution in [1.82, 2.24) is 14.7 Å². The molecule has 0 radical (unpaired) electrons. The standard InChI is InChI=1S/C27H35N3O2/c31-26(29-16-8-1-2-9-17-29)22-28-18-20-30(21-19-28)27(32)25-13-7-6-12-24(25)15-14-23-10-4-3-5-11-23/h3-7,10-13H,1-2,8-9,14-22H2. The molecule has 5 nitrogen and oxygen atoms in total. The van der Waals surface area contributed by atoms with Gasteiger partial charge in [0.05, 0.1) is 6.54 Å². The van der Waals surface area contributed by atoms with Gasteiger partial charge in [0.2, 0.25) is 5.91 Å². The van der Waals surface area contributed by atoms with E-state index < -0.39 is 0 Å². The number of hydrogen-bond donors (Lipinski definition) is 0. The lowest BCUT2D eigenvalue weighted by Gasteiger charge is -2.35. The Balaban J connectivity index is 1.30. The van der Waals surface area contributed by atoms with Crippen LogP contribution in [0.1, 0.15) is 47.2 Å². The summed E-state index contributed by atoms with van der Waals surface area (Å²) in [6.07, 6.45) is 6.50. The lowest BCUT2D eigenvalue weighted by molar-refractivity contribution is -0.132. The van der Waals surface area contributed by atoms with Gasteiger partial charge in [-0.15, -0.1) is 0 Å². The number of aryl methyl sites for hydroxylation is 2. The number of rotatable bonds is 6. The van der Waals surface area contributed by atoms with Crippen molar-refractivity contribution in [3.8, 4) is 0 Å². The van der Waals surface area contributed by atoms with Crippen molar-refractivity contribution >= 4 is 11.8 Å². The first-order valence-corrected chi connectivity index (χ1v) is 12.1. The number of carbonyl (C=O) groups excluding carboxylic acids is 2. The maximum Gasteiger partial charge on any atom is 0.254 e. The van der Waals surface area contributed by atoms with E-state index in [1.165, 1.54) is 18.4 Å². The second-order valence-corrected chi connectivity index (χ2v) is 9.01. The molecule has 4 rings (SSSR count). The third-order valence-electron chi connectivity index (χ3n) is 6.75. The van der Waals surface area contributed by atoms with Crippen LogP contribution in [0.4, 0.5) is 0 Å². The lowest BCUT2D eigenvalue weighted by atomic mass is 9.99. The molecular formula is C27H35N3O2. The molecule has 0 aliphatic carbocycles. The summed E-state index contributed by atoms with van der Waals surface area (Å²) in [6, 6.07) is 18.4. The van der Waals surface area contributed by atoms with Gasteiger partial charge in [0.1, 0.15) is 0 Å². The number of likely N-dealkylation sites (tertiary alicyclic amines) is 1. The molecule has 32 heavy (non-hydrogen) atoms. The molecule has 0 saturated carbocycles. The highest BCUT2D eigenvalue weighted by Crippen LogP contribution is 2.17. The van der Waals surface area contributed by atoms with E-state index in [0.717, 1.165) is 63.0 Å². The van der Waals surface area contributed by atoms with E-state index in [-0.39, 0.29) is 11.8 Å². The largest absolute Gasteiger partial charge is 0.342 e. The summed E-state index contributed by atoms with van der Waals surface area (Å²) in [5.41, 5.74) is 3.22. The second-order valence-electron chi connectivity index (χ2n) is 9.01. The van der Waals surface area contributed by atoms with Gasteiger partial charge in [-0.1, -0.05) is 61.4 Å². The van der Waals surface area contributed by atoms with Crippen molar-refractivity contribution in [2.24, 2.45) is 0 Å². The summed E-state index contributed by atoms with van der Waals surface area (Å²) < 4.78 is 0. The van der Waals surface area contributed by atoms with Crippen molar-refractivity contribution in [2.45, 2.75) is 38.5 Å².